The maximum absolute atomic E-state index is 12.8. The summed E-state index contributed by atoms with van der Waals surface area (Å²) in [5.74, 6) is 1.46. The number of rotatable bonds is 9. The van der Waals surface area contributed by atoms with Crippen molar-refractivity contribution in [3.8, 4) is 17.1 Å². The molecule has 3 aromatic rings. The first-order chi connectivity index (χ1) is 19.5. The molecule has 1 saturated heterocycles. The Bertz CT molecular complexity index is 1440. The van der Waals surface area contributed by atoms with Gasteiger partial charge in [0, 0.05) is 31.1 Å². The number of amides is 2. The van der Waals surface area contributed by atoms with Gasteiger partial charge in [0.2, 0.25) is 6.41 Å². The molecule has 5 rings (SSSR count). The van der Waals surface area contributed by atoms with Crippen molar-refractivity contribution in [2.45, 2.75) is 32.7 Å². The van der Waals surface area contributed by atoms with Crippen molar-refractivity contribution in [2.24, 2.45) is 11.0 Å². The molecule has 8 heteroatoms. The largest absolute Gasteiger partial charge is 0.490 e. The van der Waals surface area contributed by atoms with Crippen LogP contribution in [0.5, 0.6) is 5.75 Å². The molecule has 0 spiro atoms. The van der Waals surface area contributed by atoms with Gasteiger partial charge in [-0.1, -0.05) is 54.6 Å². The lowest BCUT2D eigenvalue weighted by Crippen LogP contribution is -2.34. The minimum absolute atomic E-state index is 0.161. The van der Waals surface area contributed by atoms with E-state index in [1.165, 1.54) is 5.01 Å². The van der Waals surface area contributed by atoms with E-state index < -0.39 is 0 Å². The molecule has 3 heterocycles. The van der Waals surface area contributed by atoms with Gasteiger partial charge in [0.1, 0.15) is 0 Å². The fourth-order valence-corrected chi connectivity index (χ4v) is 4.81. The summed E-state index contributed by atoms with van der Waals surface area (Å²) in [6.45, 7) is 8.47. The maximum Gasteiger partial charge on any atom is 0.266 e. The zero-order valence-electron chi connectivity index (χ0n) is 22.7. The number of hydrazone groups is 1. The van der Waals surface area contributed by atoms with Gasteiger partial charge >= 0.3 is 0 Å². The van der Waals surface area contributed by atoms with Crippen molar-refractivity contribution in [1.82, 2.24) is 19.9 Å². The zero-order valence-corrected chi connectivity index (χ0v) is 22.7. The van der Waals surface area contributed by atoms with E-state index in [2.05, 4.69) is 22.6 Å². The number of ether oxygens (including phenoxy) is 1. The van der Waals surface area contributed by atoms with Crippen LogP contribution < -0.4 is 4.74 Å². The van der Waals surface area contributed by atoms with Gasteiger partial charge < -0.3 is 9.64 Å². The van der Waals surface area contributed by atoms with Crippen molar-refractivity contribution in [3.63, 3.8) is 0 Å². The summed E-state index contributed by atoms with van der Waals surface area (Å²) in [7, 11) is 0. The first-order valence-corrected chi connectivity index (χ1v) is 13.5. The number of carbonyl (C=O) groups excluding carboxylic acids is 2. The summed E-state index contributed by atoms with van der Waals surface area (Å²) in [5, 5.41) is 6.25. The van der Waals surface area contributed by atoms with Crippen molar-refractivity contribution < 1.29 is 14.3 Å². The lowest BCUT2D eigenvalue weighted by atomic mass is 9.98. The number of hydrogen-bond acceptors (Lipinski definition) is 6. The summed E-state index contributed by atoms with van der Waals surface area (Å²) in [6.07, 6.45) is 10.2. The van der Waals surface area contributed by atoms with Crippen LogP contribution in [0.4, 0.5) is 0 Å². The van der Waals surface area contributed by atoms with Crippen molar-refractivity contribution in [2.75, 3.05) is 19.7 Å². The molecule has 1 fully saturated rings. The van der Waals surface area contributed by atoms with Crippen LogP contribution in [0.1, 0.15) is 42.9 Å². The van der Waals surface area contributed by atoms with E-state index in [0.717, 1.165) is 65.9 Å². The number of likely N-dealkylation sites (tertiary alicyclic amines) is 1. The molecule has 0 bridgehead atoms. The second-order valence-corrected chi connectivity index (χ2v) is 10.2. The topological polar surface area (TPSA) is 88.0 Å². The fourth-order valence-electron chi connectivity index (χ4n) is 4.81. The number of allylic oxidation sites excluding steroid dienone is 2. The number of carbonyl (C=O) groups is 2. The highest BCUT2D eigenvalue weighted by atomic mass is 16.5. The van der Waals surface area contributed by atoms with E-state index in [-0.39, 0.29) is 5.91 Å². The molecular formula is C32H33N5O3. The molecule has 204 valence electrons. The molecule has 2 aliphatic heterocycles. The molecule has 2 aliphatic rings. The maximum atomic E-state index is 12.8. The molecule has 40 heavy (non-hydrogen) atoms. The standard InChI is InChI=1S/C32H33N5O3/c1-23(2)26-7-4-8-27(17-26)30-10-5-11-31(39)37(35-30)20-25-6-3-9-28(16-25)32-33-18-29(19-34-32)40-21-24-12-14-36(22-38)15-13-24/h3-9,11,16-19,22,24H,1,10,12-15,20-21H2,2H3. The van der Waals surface area contributed by atoms with Crippen molar-refractivity contribution >= 4 is 23.6 Å². The molecule has 0 N–H and O–H groups in total. The first-order valence-electron chi connectivity index (χ1n) is 13.5. The lowest BCUT2D eigenvalue weighted by Gasteiger charge is -2.28. The Morgan fingerprint density at radius 3 is 2.58 bits per heavy atom. The minimum Gasteiger partial charge on any atom is -0.490 e. The Balaban J connectivity index is 1.26. The normalized spacial score (nSPS) is 15.9. The molecule has 0 radical (unpaired) electrons. The SMILES string of the molecule is C=C(C)c1cccc(C2=NN(Cc3cccc(-c4ncc(OCC5CCN(C=O)CC5)cn4)c3)C(=O)C=CC2)c1. The van der Waals surface area contributed by atoms with Gasteiger partial charge in [0.05, 0.1) is 31.3 Å². The van der Waals surface area contributed by atoms with E-state index in [0.29, 0.717) is 37.1 Å². The predicted molar refractivity (Wildman–Crippen MR) is 155 cm³/mol. The van der Waals surface area contributed by atoms with Crippen LogP contribution in [0.2, 0.25) is 0 Å². The third-order valence-corrected chi connectivity index (χ3v) is 7.19. The Morgan fingerprint density at radius 1 is 1.07 bits per heavy atom. The zero-order chi connectivity index (χ0) is 27.9. The van der Waals surface area contributed by atoms with Crippen LogP contribution in [0, 0.1) is 5.92 Å². The van der Waals surface area contributed by atoms with Crippen LogP contribution in [0.3, 0.4) is 0 Å². The average molecular weight is 536 g/mol. The van der Waals surface area contributed by atoms with E-state index >= 15 is 0 Å². The number of aromatic nitrogens is 2. The van der Waals surface area contributed by atoms with Crippen LogP contribution in [0.15, 0.2) is 84.8 Å². The summed E-state index contributed by atoms with van der Waals surface area (Å²) in [5.41, 5.74) is 5.60. The summed E-state index contributed by atoms with van der Waals surface area (Å²) in [4.78, 5) is 34.5. The van der Waals surface area contributed by atoms with E-state index in [4.69, 9.17) is 9.84 Å². The Morgan fingerprint density at radius 2 is 1.82 bits per heavy atom. The van der Waals surface area contributed by atoms with Gasteiger partial charge in [-0.05, 0) is 54.5 Å². The highest BCUT2D eigenvalue weighted by Gasteiger charge is 2.19. The van der Waals surface area contributed by atoms with Gasteiger partial charge in [-0.3, -0.25) is 9.59 Å². The number of nitrogens with zero attached hydrogens (tertiary/aromatic N) is 5. The van der Waals surface area contributed by atoms with E-state index in [1.807, 2.05) is 55.5 Å². The molecule has 2 aromatic carbocycles. The van der Waals surface area contributed by atoms with Crippen LogP contribution in [-0.4, -0.2) is 57.6 Å². The van der Waals surface area contributed by atoms with Crippen LogP contribution in [-0.2, 0) is 16.1 Å². The molecule has 8 nitrogen and oxygen atoms in total. The van der Waals surface area contributed by atoms with Gasteiger partial charge in [-0.15, -0.1) is 0 Å². The average Bonchev–Trinajstić information content (AvgIpc) is 3.17. The summed E-state index contributed by atoms with van der Waals surface area (Å²) < 4.78 is 5.92. The van der Waals surface area contributed by atoms with Gasteiger partial charge in [-0.2, -0.15) is 5.10 Å². The van der Waals surface area contributed by atoms with Crippen LogP contribution >= 0.6 is 0 Å². The van der Waals surface area contributed by atoms with Crippen LogP contribution in [0.25, 0.3) is 17.0 Å². The van der Waals surface area contributed by atoms with Crippen molar-refractivity contribution in [3.05, 3.63) is 96.3 Å². The molecule has 2 amide bonds. The third-order valence-electron chi connectivity index (χ3n) is 7.19. The smallest absolute Gasteiger partial charge is 0.266 e. The lowest BCUT2D eigenvalue weighted by molar-refractivity contribution is -0.126. The monoisotopic (exact) mass is 535 g/mol. The first kappa shape index (κ1) is 27.0. The Hall–Kier alpha value is -4.59. The molecule has 0 atom stereocenters. The van der Waals surface area contributed by atoms with E-state index in [9.17, 15) is 9.59 Å². The van der Waals surface area contributed by atoms with Gasteiger partial charge in [0.15, 0.2) is 11.6 Å². The molecule has 0 aliphatic carbocycles. The molecule has 0 saturated carbocycles. The fraction of sp³-hybridized carbons (Fsp3) is 0.281. The van der Waals surface area contributed by atoms with E-state index in [1.54, 1.807) is 23.4 Å². The van der Waals surface area contributed by atoms with Gasteiger partial charge in [0.25, 0.3) is 5.91 Å². The number of benzene rings is 2. The highest BCUT2D eigenvalue weighted by Crippen LogP contribution is 2.22. The molecule has 0 unspecified atom stereocenters. The van der Waals surface area contributed by atoms with Gasteiger partial charge in [-0.25, -0.2) is 15.0 Å². The number of hydrogen-bond donors (Lipinski definition) is 0. The summed E-state index contributed by atoms with van der Waals surface area (Å²) in [6, 6.07) is 15.9. The highest BCUT2D eigenvalue weighted by molar-refractivity contribution is 6.04. The quantitative estimate of drug-likeness (QED) is 0.355. The third kappa shape index (κ3) is 6.69. The molecular weight excluding hydrogens is 502 g/mol. The Kier molecular flexibility index (Phi) is 8.44. The Labute approximate surface area is 234 Å². The second kappa shape index (κ2) is 12.5. The minimum atomic E-state index is -0.161. The predicted octanol–water partition coefficient (Wildman–Crippen LogP) is 5.12. The summed E-state index contributed by atoms with van der Waals surface area (Å²) >= 11 is 0. The number of piperidine rings is 1. The van der Waals surface area contributed by atoms with Crippen molar-refractivity contribution in [1.29, 1.82) is 0 Å². The molecule has 1 aromatic heterocycles. The second-order valence-electron chi connectivity index (χ2n) is 10.2.